The smallest absolute Gasteiger partial charge is 0.328 e. The van der Waals surface area contributed by atoms with Crippen molar-refractivity contribution in [2.75, 3.05) is 132 Å². The average Bonchev–Trinajstić information content (AvgIpc) is 1.49. The molecule has 1 aliphatic heterocycles. The number of aliphatic hydroxyl groups excluding tert-OH is 1. The molecule has 0 bridgehead atoms. The van der Waals surface area contributed by atoms with Crippen LogP contribution >= 0.6 is 15.9 Å². The van der Waals surface area contributed by atoms with Crippen LogP contribution in [0.3, 0.4) is 0 Å². The fraction of sp³-hybridized carbons (Fsp3) is 0.554. The minimum absolute atomic E-state index is 0.00364. The Morgan fingerprint density at radius 3 is 1.46 bits per heavy atom. The quantitative estimate of drug-likeness (QED) is 0.0181. The molecule has 1 unspecified atom stereocenters. The molecule has 7 N–H and O–H groups in total. The lowest BCUT2D eigenvalue weighted by atomic mass is 10.0. The summed E-state index contributed by atoms with van der Waals surface area (Å²) in [6.45, 7) is 10.8. The summed E-state index contributed by atoms with van der Waals surface area (Å²) in [4.78, 5) is 161. The largest absolute Gasteiger partial charge is 0.497 e. The maximum atomic E-state index is 14.8. The molecule has 618 valence electrons. The van der Waals surface area contributed by atoms with Gasteiger partial charge in [0.25, 0.3) is 0 Å². The summed E-state index contributed by atoms with van der Waals surface area (Å²) in [5.41, 5.74) is 10.4. The molecular formula is C83H121BrN10O18. The van der Waals surface area contributed by atoms with Crippen LogP contribution in [0.2, 0.25) is 0 Å². The number of carboxylic acid groups (broad SMARTS) is 2. The number of methoxy groups -OCH3 is 2. The molecule has 1 heterocycles. The monoisotopic (exact) mass is 1630 g/mol. The second kappa shape index (κ2) is 50.7. The number of hydrogen-bond acceptors (Lipinski definition) is 18. The minimum atomic E-state index is -2.75. The molecule has 1 aliphatic rings. The number of aliphatic hydroxyl groups is 1. The van der Waals surface area contributed by atoms with E-state index in [1.807, 2.05) is 62.4 Å². The molecule has 0 radical (unpaired) electrons. The predicted octanol–water partition coefficient (Wildman–Crippen LogP) is 7.45. The molecule has 4 rings (SSSR count). The van der Waals surface area contributed by atoms with Crippen molar-refractivity contribution < 1.29 is 91.1 Å². The highest BCUT2D eigenvalue weighted by Gasteiger charge is 2.33. The highest BCUT2D eigenvalue weighted by molar-refractivity contribution is 9.10. The number of nitrogens with zero attached hydrogens (tertiary/aromatic N) is 7. The molecule has 0 saturated carbocycles. The Bertz CT molecular complexity index is 3800. The first-order valence-electron chi connectivity index (χ1n) is 39.7. The summed E-state index contributed by atoms with van der Waals surface area (Å²) < 4.78 is 47.9. The summed E-state index contributed by atoms with van der Waals surface area (Å²) in [6, 6.07) is 20.9. The molecule has 112 heavy (non-hydrogen) atoms. The number of nitrogens with one attached hydrogen (secondary N) is 2. The third-order valence-corrected chi connectivity index (χ3v) is 18.9. The van der Waals surface area contributed by atoms with Gasteiger partial charge in [0, 0.05) is 107 Å². The Hall–Kier alpha value is -9.29. The van der Waals surface area contributed by atoms with Crippen LogP contribution < -0.4 is 25.8 Å². The van der Waals surface area contributed by atoms with Crippen molar-refractivity contribution >= 4 is 81.1 Å². The first kappa shape index (κ1) is 89.9. The molecule has 1 fully saturated rings. The van der Waals surface area contributed by atoms with Crippen molar-refractivity contribution in [1.82, 2.24) is 44.9 Å². The topological polar surface area (TPSA) is 358 Å². The highest BCUT2D eigenvalue weighted by atomic mass is 79.9. The summed E-state index contributed by atoms with van der Waals surface area (Å²) >= 11 is 3.44. The van der Waals surface area contributed by atoms with E-state index in [-0.39, 0.29) is 117 Å². The molecule has 1 saturated heterocycles. The number of carboxylic acids is 2. The number of benzene rings is 3. The first-order valence-corrected chi connectivity index (χ1v) is 39.0. The van der Waals surface area contributed by atoms with Gasteiger partial charge in [-0.05, 0) is 133 Å². The second-order valence-electron chi connectivity index (χ2n) is 28.7. The van der Waals surface area contributed by atoms with E-state index < -0.39 is 141 Å². The van der Waals surface area contributed by atoms with Gasteiger partial charge in [-0.15, -0.1) is 0 Å². The third kappa shape index (κ3) is 35.6. The van der Waals surface area contributed by atoms with Crippen LogP contribution in [0.15, 0.2) is 124 Å². The van der Waals surface area contributed by atoms with Crippen LogP contribution in [0, 0.1) is 23.7 Å². The van der Waals surface area contributed by atoms with Crippen LogP contribution in [0.4, 0.5) is 0 Å². The summed E-state index contributed by atoms with van der Waals surface area (Å²) in [5.74, 6) is -10.7. The Balaban J connectivity index is 1.59. The standard InChI is InChI=1S/C83H121BrN10O18/c1-57(2)111-41-16-36-91(56-76(99)89(35-15-40-95)54-75(98)90(37-29-66-17-23-69(84)24-18-66)55-74(97)88(34-14-13-33-85)53-73(96)87-72-32-42-112-83(72)108)79(104)63(8)44-59(4)49-92(38-30-77(100)101)80(105)64(9)45-60(5)50-93(39-31-78(102)103)81(106)65(10)46-61(6)51-94(52-68-21-27-71(110-12)28-22-68)82(107)62(7)43-58(3)47-86-48-67-19-25-70(109-11)26-20-67/h17-28,43-46,57,62-65,72,86,95H,13-16,29-42,47-56,85H2,1-12H3,(H,87,96)(H,100,101)(H,102,103)/b58-43+,59-44+,60-45+,61-46+/t62-,63+,64+,65+,72?/m0/s1/i7D3. The van der Waals surface area contributed by atoms with Gasteiger partial charge >= 0.3 is 17.9 Å². The van der Waals surface area contributed by atoms with Crippen molar-refractivity contribution in [1.29, 1.82) is 0 Å². The van der Waals surface area contributed by atoms with E-state index in [9.17, 15) is 68.1 Å². The lowest BCUT2D eigenvalue weighted by Gasteiger charge is -2.31. The lowest BCUT2D eigenvalue weighted by molar-refractivity contribution is -0.147. The lowest BCUT2D eigenvalue weighted by Crippen LogP contribution is -2.52. The van der Waals surface area contributed by atoms with E-state index in [1.165, 1.54) is 47.5 Å². The van der Waals surface area contributed by atoms with Crippen LogP contribution in [-0.2, 0) is 81.7 Å². The van der Waals surface area contributed by atoms with E-state index in [0.29, 0.717) is 71.7 Å². The van der Waals surface area contributed by atoms with Gasteiger partial charge in [0.2, 0.25) is 47.3 Å². The molecule has 5 atom stereocenters. The normalized spacial score (nSPS) is 14.8. The number of esters is 1. The van der Waals surface area contributed by atoms with E-state index in [1.54, 1.807) is 98.1 Å². The van der Waals surface area contributed by atoms with E-state index in [0.717, 1.165) is 15.6 Å². The number of hydrogen-bond donors (Lipinski definition) is 6. The number of amides is 8. The number of aliphatic carboxylic acids is 2. The summed E-state index contributed by atoms with van der Waals surface area (Å²) in [7, 11) is 3.09. The SMILES string of the molecule is [2H]C([2H])([2H])[C@@H](/C=C(\C)CNCc1ccc(OC)cc1)C(=O)N(C/C(C)=C/[C@@H](C)C(=O)N(CCC(=O)O)C/C(C)=C/[C@@H](C)C(=O)N(CCC(=O)O)C/C(C)=C/[C@@H](C)C(=O)N(CCCOC(C)C)CC(=O)N(CCCO)CC(=O)N(CCc1ccc(Br)cc1)CC(=O)N(CCCCN)CC(=O)NC1CCOC1=O)Cc1ccc(OC)cc1. The van der Waals surface area contributed by atoms with E-state index in [4.69, 9.17) is 28.8 Å². The Morgan fingerprint density at radius 1 is 0.554 bits per heavy atom. The number of halogens is 1. The van der Waals surface area contributed by atoms with Gasteiger partial charge in [0.1, 0.15) is 17.5 Å². The zero-order valence-electron chi connectivity index (χ0n) is 70.1. The van der Waals surface area contributed by atoms with Gasteiger partial charge in [-0.25, -0.2) is 4.79 Å². The third-order valence-electron chi connectivity index (χ3n) is 18.4. The zero-order chi connectivity index (χ0) is 85.5. The average molecular weight is 1630 g/mol. The molecular weight excluding hydrogens is 1500 g/mol. The molecule has 0 aliphatic carbocycles. The molecule has 29 heteroatoms. The fourth-order valence-electron chi connectivity index (χ4n) is 12.5. The van der Waals surface area contributed by atoms with Crippen LogP contribution in [0.25, 0.3) is 0 Å². The van der Waals surface area contributed by atoms with Gasteiger partial charge < -0.3 is 84.9 Å². The van der Waals surface area contributed by atoms with Gasteiger partial charge in [-0.3, -0.25) is 47.9 Å². The number of unbranched alkanes of at least 4 members (excludes halogenated alkanes) is 1. The van der Waals surface area contributed by atoms with Crippen molar-refractivity contribution in [3.63, 3.8) is 0 Å². The van der Waals surface area contributed by atoms with Crippen molar-refractivity contribution in [3.8, 4) is 11.5 Å². The number of rotatable bonds is 52. The zero-order valence-corrected chi connectivity index (χ0v) is 68.6. The van der Waals surface area contributed by atoms with Crippen LogP contribution in [0.1, 0.15) is 135 Å². The molecule has 0 aromatic heterocycles. The first-order chi connectivity index (χ1) is 54.4. The van der Waals surface area contributed by atoms with Crippen LogP contribution in [-0.4, -0.2) is 259 Å². The highest BCUT2D eigenvalue weighted by Crippen LogP contribution is 2.22. The second-order valence-corrected chi connectivity index (χ2v) is 29.6. The van der Waals surface area contributed by atoms with Crippen molar-refractivity contribution in [2.24, 2.45) is 29.4 Å². The number of cyclic esters (lactones) is 1. The molecule has 8 amide bonds. The fourth-order valence-corrected chi connectivity index (χ4v) is 12.8. The number of carbonyl (C=O) groups excluding carboxylic acids is 9. The number of nitrogens with two attached hydrogens (primary N) is 1. The van der Waals surface area contributed by atoms with Crippen molar-refractivity contribution in [2.45, 2.75) is 146 Å². The maximum absolute atomic E-state index is 14.8. The molecule has 3 aromatic carbocycles. The Labute approximate surface area is 673 Å². The Morgan fingerprint density at radius 2 is 0.991 bits per heavy atom. The Kier molecular flexibility index (Phi) is 40.7. The van der Waals surface area contributed by atoms with Crippen molar-refractivity contribution in [3.05, 3.63) is 141 Å². The predicted molar refractivity (Wildman–Crippen MR) is 430 cm³/mol. The maximum Gasteiger partial charge on any atom is 0.328 e. The molecule has 0 spiro atoms. The van der Waals surface area contributed by atoms with Gasteiger partial charge in [0.05, 0.1) is 89.6 Å². The minimum Gasteiger partial charge on any atom is -0.497 e. The van der Waals surface area contributed by atoms with Gasteiger partial charge in [-0.1, -0.05) is 127 Å². The van der Waals surface area contributed by atoms with Gasteiger partial charge in [0.15, 0.2) is 0 Å². The molecule has 3 aromatic rings. The van der Waals surface area contributed by atoms with Crippen LogP contribution in [0.5, 0.6) is 11.5 Å². The van der Waals surface area contributed by atoms with E-state index in [2.05, 4.69) is 26.6 Å². The summed E-state index contributed by atoms with van der Waals surface area (Å²) in [6.07, 6.45) is 7.11. The molecule has 28 nitrogen and oxygen atoms in total. The number of carbonyl (C=O) groups is 11. The van der Waals surface area contributed by atoms with E-state index >= 15 is 0 Å². The van der Waals surface area contributed by atoms with Gasteiger partial charge in [-0.2, -0.15) is 0 Å². The summed E-state index contributed by atoms with van der Waals surface area (Å²) in [5, 5.41) is 35.7. The number of ether oxygens (including phenoxy) is 4.